The summed E-state index contributed by atoms with van der Waals surface area (Å²) in [6, 6.07) is 12.6. The van der Waals surface area contributed by atoms with E-state index in [0.29, 0.717) is 5.69 Å². The van der Waals surface area contributed by atoms with E-state index in [4.69, 9.17) is 0 Å². The molecule has 7 heteroatoms. The molecule has 150 valence electrons. The van der Waals surface area contributed by atoms with Crippen molar-refractivity contribution in [3.8, 4) is 0 Å². The van der Waals surface area contributed by atoms with Crippen LogP contribution in [-0.2, 0) is 0 Å². The Kier molecular flexibility index (Phi) is 4.66. The van der Waals surface area contributed by atoms with Crippen molar-refractivity contribution in [3.63, 3.8) is 0 Å². The van der Waals surface area contributed by atoms with Crippen LogP contribution in [0.15, 0.2) is 54.6 Å². The highest BCUT2D eigenvalue weighted by atomic mass is 19.1. The maximum atomic E-state index is 13.8. The summed E-state index contributed by atoms with van der Waals surface area (Å²) in [6.45, 7) is 3.64. The fourth-order valence-corrected chi connectivity index (χ4v) is 3.36. The van der Waals surface area contributed by atoms with Crippen LogP contribution in [0.4, 0.5) is 20.2 Å². The van der Waals surface area contributed by atoms with Gasteiger partial charge in [-0.3, -0.25) is 14.4 Å². The molecule has 0 radical (unpaired) electrons. The zero-order chi connectivity index (χ0) is 21.6. The van der Waals surface area contributed by atoms with E-state index in [9.17, 15) is 23.2 Å². The van der Waals surface area contributed by atoms with Gasteiger partial charge in [-0.1, -0.05) is 18.2 Å². The van der Waals surface area contributed by atoms with Crippen LogP contribution in [0.3, 0.4) is 0 Å². The smallest absolute Gasteiger partial charge is 0.266 e. The molecule has 1 heterocycles. The molecule has 0 unspecified atom stereocenters. The second-order valence-electron chi connectivity index (χ2n) is 7.05. The monoisotopic (exact) mass is 406 g/mol. The van der Waals surface area contributed by atoms with Crippen molar-refractivity contribution in [2.45, 2.75) is 13.8 Å². The summed E-state index contributed by atoms with van der Waals surface area (Å²) < 4.78 is 27.6. The summed E-state index contributed by atoms with van der Waals surface area (Å²) in [5.74, 6) is -3.69. The van der Waals surface area contributed by atoms with Crippen LogP contribution < -0.4 is 10.2 Å². The topological polar surface area (TPSA) is 66.5 Å². The van der Waals surface area contributed by atoms with E-state index >= 15 is 0 Å². The SMILES string of the molecule is Cc1ccc(C)c(N2C(=O)c3ccc(C(=O)Nc4c(F)cccc4F)cc3C2=O)c1. The summed E-state index contributed by atoms with van der Waals surface area (Å²) >= 11 is 0. The van der Waals surface area contributed by atoms with Gasteiger partial charge in [-0.2, -0.15) is 0 Å². The van der Waals surface area contributed by atoms with Crippen molar-refractivity contribution in [1.29, 1.82) is 0 Å². The summed E-state index contributed by atoms with van der Waals surface area (Å²) in [5, 5.41) is 2.17. The Morgan fingerprint density at radius 3 is 2.23 bits per heavy atom. The molecule has 0 fully saturated rings. The first-order valence-electron chi connectivity index (χ1n) is 9.13. The molecule has 1 aliphatic rings. The number of nitrogens with zero attached hydrogens (tertiary/aromatic N) is 1. The Labute approximate surface area is 170 Å². The fraction of sp³-hybridized carbons (Fsp3) is 0.0870. The molecule has 3 aromatic rings. The molecule has 3 aromatic carbocycles. The molecule has 4 rings (SSSR count). The molecule has 0 saturated heterocycles. The van der Waals surface area contributed by atoms with E-state index in [1.165, 1.54) is 24.3 Å². The normalized spacial score (nSPS) is 12.9. The number of imide groups is 1. The van der Waals surface area contributed by atoms with Gasteiger partial charge in [0, 0.05) is 5.56 Å². The third-order valence-corrected chi connectivity index (χ3v) is 4.96. The summed E-state index contributed by atoms with van der Waals surface area (Å²) in [5.41, 5.74) is 1.75. The standard InChI is InChI=1S/C23H16F2N2O3/c1-12-6-7-13(2)19(10-12)27-22(29)15-9-8-14(11-16(15)23(27)30)21(28)26-20-17(24)4-3-5-18(20)25/h3-11H,1-2H3,(H,26,28). The Bertz CT molecular complexity index is 1220. The second kappa shape index (κ2) is 7.18. The number of amides is 3. The van der Waals surface area contributed by atoms with Gasteiger partial charge in [0.1, 0.15) is 17.3 Å². The average molecular weight is 406 g/mol. The number of fused-ring (bicyclic) bond motifs is 1. The minimum absolute atomic E-state index is 0.000340. The fourth-order valence-electron chi connectivity index (χ4n) is 3.36. The molecule has 0 aromatic heterocycles. The van der Waals surface area contributed by atoms with Crippen molar-refractivity contribution in [3.05, 3.63) is 94.0 Å². The molecule has 0 saturated carbocycles. The lowest BCUT2D eigenvalue weighted by atomic mass is 10.1. The number of carbonyl (C=O) groups is 3. The highest BCUT2D eigenvalue weighted by Crippen LogP contribution is 2.32. The van der Waals surface area contributed by atoms with Crippen LogP contribution in [-0.4, -0.2) is 17.7 Å². The molecule has 3 amide bonds. The number of para-hydroxylation sites is 1. The number of halogens is 2. The van der Waals surface area contributed by atoms with Crippen molar-refractivity contribution in [2.75, 3.05) is 10.2 Å². The second-order valence-corrected chi connectivity index (χ2v) is 7.05. The van der Waals surface area contributed by atoms with Crippen LogP contribution in [0.5, 0.6) is 0 Å². The van der Waals surface area contributed by atoms with Gasteiger partial charge in [-0.25, -0.2) is 13.7 Å². The van der Waals surface area contributed by atoms with Crippen LogP contribution in [0.25, 0.3) is 0 Å². The van der Waals surface area contributed by atoms with E-state index in [2.05, 4.69) is 5.32 Å². The third kappa shape index (κ3) is 3.14. The maximum absolute atomic E-state index is 13.8. The van der Waals surface area contributed by atoms with Crippen LogP contribution in [0.1, 0.15) is 42.2 Å². The number of nitrogens with one attached hydrogen (secondary N) is 1. The van der Waals surface area contributed by atoms with E-state index in [-0.39, 0.29) is 16.7 Å². The highest BCUT2D eigenvalue weighted by molar-refractivity contribution is 6.35. The van der Waals surface area contributed by atoms with Gasteiger partial charge < -0.3 is 5.32 Å². The van der Waals surface area contributed by atoms with Crippen LogP contribution in [0.2, 0.25) is 0 Å². The Balaban J connectivity index is 1.68. The van der Waals surface area contributed by atoms with Crippen molar-refractivity contribution in [2.24, 2.45) is 0 Å². The zero-order valence-corrected chi connectivity index (χ0v) is 16.1. The minimum atomic E-state index is -0.920. The molecule has 0 atom stereocenters. The molecular weight excluding hydrogens is 390 g/mol. The van der Waals surface area contributed by atoms with E-state index < -0.39 is 35.0 Å². The molecule has 1 N–H and O–H groups in total. The van der Waals surface area contributed by atoms with E-state index in [1.54, 1.807) is 13.0 Å². The number of aryl methyl sites for hydroxylation is 2. The number of anilines is 2. The molecule has 0 bridgehead atoms. The summed E-state index contributed by atoms with van der Waals surface area (Å²) in [4.78, 5) is 39.4. The Hall–Kier alpha value is -3.87. The third-order valence-electron chi connectivity index (χ3n) is 4.96. The highest BCUT2D eigenvalue weighted by Gasteiger charge is 2.37. The number of rotatable bonds is 3. The van der Waals surface area contributed by atoms with Gasteiger partial charge >= 0.3 is 0 Å². The van der Waals surface area contributed by atoms with Crippen molar-refractivity contribution in [1.82, 2.24) is 0 Å². The van der Waals surface area contributed by atoms with Gasteiger partial charge in [0.2, 0.25) is 0 Å². The number of carbonyl (C=O) groups excluding carboxylic acids is 3. The number of hydrogen-bond donors (Lipinski definition) is 1. The Morgan fingerprint density at radius 2 is 1.53 bits per heavy atom. The summed E-state index contributed by atoms with van der Waals surface area (Å²) in [7, 11) is 0. The maximum Gasteiger partial charge on any atom is 0.266 e. The zero-order valence-electron chi connectivity index (χ0n) is 16.1. The predicted molar refractivity (Wildman–Crippen MR) is 108 cm³/mol. The quantitative estimate of drug-likeness (QED) is 0.645. The van der Waals surface area contributed by atoms with Crippen LogP contribution >= 0.6 is 0 Å². The molecule has 0 spiro atoms. The molecule has 30 heavy (non-hydrogen) atoms. The van der Waals surface area contributed by atoms with Gasteiger partial charge in [0.05, 0.1) is 16.8 Å². The minimum Gasteiger partial charge on any atom is -0.317 e. The van der Waals surface area contributed by atoms with E-state index in [1.807, 2.05) is 19.1 Å². The molecular formula is C23H16F2N2O3. The lowest BCUT2D eigenvalue weighted by Gasteiger charge is -2.17. The van der Waals surface area contributed by atoms with Gasteiger partial charge in [-0.15, -0.1) is 0 Å². The first-order chi connectivity index (χ1) is 14.3. The molecule has 5 nitrogen and oxygen atoms in total. The van der Waals surface area contributed by atoms with Crippen molar-refractivity contribution < 1.29 is 23.2 Å². The van der Waals surface area contributed by atoms with Crippen molar-refractivity contribution >= 4 is 29.1 Å². The van der Waals surface area contributed by atoms with Gasteiger partial charge in [0.15, 0.2) is 0 Å². The van der Waals surface area contributed by atoms with Gasteiger partial charge in [-0.05, 0) is 61.4 Å². The first-order valence-corrected chi connectivity index (χ1v) is 9.13. The van der Waals surface area contributed by atoms with E-state index in [0.717, 1.165) is 28.2 Å². The van der Waals surface area contributed by atoms with Crippen LogP contribution in [0, 0.1) is 25.5 Å². The number of hydrogen-bond acceptors (Lipinski definition) is 3. The molecule has 1 aliphatic heterocycles. The lowest BCUT2D eigenvalue weighted by molar-refractivity contribution is 0.0925. The number of benzene rings is 3. The largest absolute Gasteiger partial charge is 0.317 e. The molecule has 0 aliphatic carbocycles. The predicted octanol–water partition coefficient (Wildman–Crippen LogP) is 4.63. The Morgan fingerprint density at radius 1 is 0.867 bits per heavy atom. The average Bonchev–Trinajstić information content (AvgIpc) is 2.96. The summed E-state index contributed by atoms with van der Waals surface area (Å²) in [6.07, 6.45) is 0. The lowest BCUT2D eigenvalue weighted by Crippen LogP contribution is -2.30. The first kappa shape index (κ1) is 19.4. The van der Waals surface area contributed by atoms with Gasteiger partial charge in [0.25, 0.3) is 17.7 Å².